The second kappa shape index (κ2) is 8.61. The van der Waals surface area contributed by atoms with Gasteiger partial charge in [-0.25, -0.2) is 0 Å². The quantitative estimate of drug-likeness (QED) is 0.756. The van der Waals surface area contributed by atoms with E-state index in [0.717, 1.165) is 6.54 Å². The van der Waals surface area contributed by atoms with E-state index in [4.69, 9.17) is 27.9 Å². The lowest BCUT2D eigenvalue weighted by Gasteiger charge is -2.30. The van der Waals surface area contributed by atoms with Crippen molar-refractivity contribution in [3.05, 3.63) is 28.2 Å². The van der Waals surface area contributed by atoms with Gasteiger partial charge in [0.25, 0.3) is 5.91 Å². The maximum Gasteiger partial charge on any atom is 0.263 e. The van der Waals surface area contributed by atoms with Crippen LogP contribution in [0.4, 0.5) is 0 Å². The minimum absolute atomic E-state index is 0.0621. The Morgan fingerprint density at radius 1 is 1.18 bits per heavy atom. The zero-order valence-electron chi connectivity index (χ0n) is 13.8. The molecule has 6 heteroatoms. The zero-order chi connectivity index (χ0) is 16.9. The lowest BCUT2D eigenvalue weighted by Crippen LogP contribution is -2.46. The van der Waals surface area contributed by atoms with Crippen molar-refractivity contribution in [2.75, 3.05) is 27.2 Å². The lowest BCUT2D eigenvalue weighted by molar-refractivity contribution is -0.139. The van der Waals surface area contributed by atoms with Crippen LogP contribution in [0.25, 0.3) is 0 Å². The second-order valence-corrected chi connectivity index (χ2v) is 6.53. The van der Waals surface area contributed by atoms with Crippen LogP contribution in [-0.4, -0.2) is 55.0 Å². The van der Waals surface area contributed by atoms with Crippen LogP contribution in [0.5, 0.6) is 5.75 Å². The van der Waals surface area contributed by atoms with Crippen molar-refractivity contribution in [3.63, 3.8) is 0 Å². The molecule has 22 heavy (non-hydrogen) atoms. The van der Waals surface area contributed by atoms with E-state index in [0.29, 0.717) is 22.3 Å². The van der Waals surface area contributed by atoms with Gasteiger partial charge in [0.1, 0.15) is 10.8 Å². The van der Waals surface area contributed by atoms with Crippen LogP contribution >= 0.6 is 23.2 Å². The van der Waals surface area contributed by atoms with Crippen LogP contribution in [0, 0.1) is 0 Å². The van der Waals surface area contributed by atoms with Crippen LogP contribution in [0.3, 0.4) is 0 Å². The highest BCUT2D eigenvalue weighted by molar-refractivity contribution is 6.42. The Morgan fingerprint density at radius 2 is 1.82 bits per heavy atom. The number of hydrogen-bond donors (Lipinski definition) is 0. The smallest absolute Gasteiger partial charge is 0.263 e. The summed E-state index contributed by atoms with van der Waals surface area (Å²) in [7, 11) is 3.96. The van der Waals surface area contributed by atoms with Gasteiger partial charge in [0.05, 0.1) is 5.02 Å². The van der Waals surface area contributed by atoms with Gasteiger partial charge in [0, 0.05) is 19.1 Å². The predicted molar refractivity (Wildman–Crippen MR) is 92.0 cm³/mol. The first-order chi connectivity index (χ1) is 10.2. The maximum absolute atomic E-state index is 12.6. The summed E-state index contributed by atoms with van der Waals surface area (Å²) in [6.45, 7) is 7.17. The number of carbonyl (C=O) groups is 1. The first kappa shape index (κ1) is 19.1. The molecule has 0 aliphatic rings. The highest BCUT2D eigenvalue weighted by Gasteiger charge is 2.25. The molecular formula is C16H24Cl2N2O2. The van der Waals surface area contributed by atoms with Gasteiger partial charge >= 0.3 is 0 Å². The number of likely N-dealkylation sites (N-methyl/N-ethyl adjacent to an activating group) is 1. The van der Waals surface area contributed by atoms with E-state index < -0.39 is 6.10 Å². The van der Waals surface area contributed by atoms with E-state index in [2.05, 4.69) is 0 Å². The minimum atomic E-state index is -0.625. The molecule has 0 aliphatic heterocycles. The molecule has 124 valence electrons. The fourth-order valence-corrected chi connectivity index (χ4v) is 2.32. The average molecular weight is 347 g/mol. The standard InChI is InChI=1S/C16H24Cl2N2O2/c1-11(2)20(10-9-19(4)5)16(21)12(3)22-14-8-6-7-13(17)15(14)18/h6-8,11-12H,9-10H2,1-5H3/t12-/m0/s1. The van der Waals surface area contributed by atoms with Gasteiger partial charge in [0.15, 0.2) is 6.10 Å². The third kappa shape index (κ3) is 5.34. The van der Waals surface area contributed by atoms with Gasteiger partial charge in [-0.15, -0.1) is 0 Å². The van der Waals surface area contributed by atoms with Crippen LogP contribution < -0.4 is 4.74 Å². The molecule has 0 radical (unpaired) electrons. The van der Waals surface area contributed by atoms with Crippen LogP contribution in [-0.2, 0) is 4.79 Å². The van der Waals surface area contributed by atoms with Gasteiger partial charge in [-0.05, 0) is 47.0 Å². The number of carbonyl (C=O) groups excluding carboxylic acids is 1. The molecule has 0 saturated heterocycles. The summed E-state index contributed by atoms with van der Waals surface area (Å²) in [6.07, 6.45) is -0.625. The number of hydrogen-bond acceptors (Lipinski definition) is 3. The Morgan fingerprint density at radius 3 is 2.36 bits per heavy atom. The molecular weight excluding hydrogens is 323 g/mol. The van der Waals surface area contributed by atoms with Crippen molar-refractivity contribution in [1.29, 1.82) is 0 Å². The van der Waals surface area contributed by atoms with Gasteiger partial charge < -0.3 is 14.5 Å². The summed E-state index contributed by atoms with van der Waals surface area (Å²) < 4.78 is 5.70. The Labute approximate surface area is 142 Å². The number of ether oxygens (including phenoxy) is 1. The highest BCUT2D eigenvalue weighted by Crippen LogP contribution is 2.32. The molecule has 1 atom stereocenters. The van der Waals surface area contributed by atoms with E-state index in [1.54, 1.807) is 25.1 Å². The van der Waals surface area contributed by atoms with Crippen molar-refractivity contribution in [1.82, 2.24) is 9.80 Å². The van der Waals surface area contributed by atoms with Crippen molar-refractivity contribution < 1.29 is 9.53 Å². The zero-order valence-corrected chi connectivity index (χ0v) is 15.3. The molecule has 0 heterocycles. The van der Waals surface area contributed by atoms with E-state index in [-0.39, 0.29) is 11.9 Å². The molecule has 0 fully saturated rings. The fourth-order valence-electron chi connectivity index (χ4n) is 1.98. The Bertz CT molecular complexity index is 507. The van der Waals surface area contributed by atoms with Crippen molar-refractivity contribution in [2.45, 2.75) is 32.9 Å². The molecule has 1 rings (SSSR count). The van der Waals surface area contributed by atoms with Crippen molar-refractivity contribution in [3.8, 4) is 5.75 Å². The minimum Gasteiger partial charge on any atom is -0.479 e. The van der Waals surface area contributed by atoms with E-state index in [9.17, 15) is 4.79 Å². The summed E-state index contributed by atoms with van der Waals surface area (Å²) in [5, 5.41) is 0.736. The highest BCUT2D eigenvalue weighted by atomic mass is 35.5. The fraction of sp³-hybridized carbons (Fsp3) is 0.562. The van der Waals surface area contributed by atoms with Gasteiger partial charge in [0.2, 0.25) is 0 Å². The number of halogens is 2. The summed E-state index contributed by atoms with van der Waals surface area (Å²) >= 11 is 12.1. The Hall–Kier alpha value is -0.970. The van der Waals surface area contributed by atoms with E-state index >= 15 is 0 Å². The first-order valence-corrected chi connectivity index (χ1v) is 8.05. The summed E-state index contributed by atoms with van der Waals surface area (Å²) in [6, 6.07) is 5.24. The summed E-state index contributed by atoms with van der Waals surface area (Å²) in [5.41, 5.74) is 0. The molecule has 0 unspecified atom stereocenters. The molecule has 1 amide bonds. The Kier molecular flexibility index (Phi) is 7.46. The molecule has 0 bridgehead atoms. The first-order valence-electron chi connectivity index (χ1n) is 7.30. The molecule has 1 aromatic rings. The molecule has 0 N–H and O–H groups in total. The average Bonchev–Trinajstić information content (AvgIpc) is 2.43. The summed E-state index contributed by atoms with van der Waals surface area (Å²) in [5.74, 6) is 0.360. The molecule has 0 saturated carbocycles. The summed E-state index contributed by atoms with van der Waals surface area (Å²) in [4.78, 5) is 16.5. The van der Waals surface area contributed by atoms with Gasteiger partial charge in [-0.1, -0.05) is 29.3 Å². The predicted octanol–water partition coefficient (Wildman–Crippen LogP) is 3.56. The second-order valence-electron chi connectivity index (χ2n) is 5.74. The van der Waals surface area contributed by atoms with E-state index in [1.165, 1.54) is 0 Å². The molecule has 4 nitrogen and oxygen atoms in total. The third-order valence-electron chi connectivity index (χ3n) is 3.26. The van der Waals surface area contributed by atoms with Crippen LogP contribution in [0.15, 0.2) is 18.2 Å². The normalized spacial score (nSPS) is 12.6. The Balaban J connectivity index is 2.78. The molecule has 1 aromatic carbocycles. The van der Waals surface area contributed by atoms with Crippen molar-refractivity contribution >= 4 is 29.1 Å². The largest absolute Gasteiger partial charge is 0.479 e. The van der Waals surface area contributed by atoms with Crippen LogP contribution in [0.1, 0.15) is 20.8 Å². The van der Waals surface area contributed by atoms with Gasteiger partial charge in [-0.3, -0.25) is 4.79 Å². The van der Waals surface area contributed by atoms with E-state index in [1.807, 2.05) is 37.7 Å². The number of benzene rings is 1. The SMILES string of the molecule is CC(C)N(CCN(C)C)C(=O)[C@H](C)Oc1cccc(Cl)c1Cl. The third-order valence-corrected chi connectivity index (χ3v) is 4.06. The number of rotatable bonds is 7. The number of amides is 1. The van der Waals surface area contributed by atoms with Gasteiger partial charge in [-0.2, -0.15) is 0 Å². The molecule has 0 aromatic heterocycles. The topological polar surface area (TPSA) is 32.8 Å². The lowest BCUT2D eigenvalue weighted by atomic mass is 10.2. The molecule has 0 aliphatic carbocycles. The maximum atomic E-state index is 12.6. The van der Waals surface area contributed by atoms with Crippen molar-refractivity contribution in [2.24, 2.45) is 0 Å². The van der Waals surface area contributed by atoms with Crippen LogP contribution in [0.2, 0.25) is 10.0 Å². The monoisotopic (exact) mass is 346 g/mol. The molecule has 0 spiro atoms. The number of nitrogens with zero attached hydrogens (tertiary/aromatic N) is 2.